The Labute approximate surface area is 167 Å². The molecule has 1 saturated heterocycles. The maximum absolute atomic E-state index is 13.2. The van der Waals surface area contributed by atoms with Gasteiger partial charge in [-0.2, -0.15) is 0 Å². The minimum absolute atomic E-state index is 0.0832. The predicted octanol–water partition coefficient (Wildman–Crippen LogP) is 1.51. The topological polar surface area (TPSA) is 82.4 Å². The second-order valence-corrected chi connectivity index (χ2v) is 7.29. The van der Waals surface area contributed by atoms with Crippen LogP contribution in [0.4, 0.5) is 0 Å². The minimum Gasteiger partial charge on any atom is -0.391 e. The largest absolute Gasteiger partial charge is 0.391 e. The average Bonchev–Trinajstić information content (AvgIpc) is 3.33. The first-order valence-corrected chi connectivity index (χ1v) is 9.69. The number of ether oxygens (including phenoxy) is 1. The van der Waals surface area contributed by atoms with Crippen LogP contribution in [-0.2, 0) is 16.0 Å². The van der Waals surface area contributed by atoms with E-state index >= 15 is 0 Å². The Balaban J connectivity index is 1.25. The zero-order valence-electron chi connectivity index (χ0n) is 16.1. The molecular formula is C21H21N5O3. The van der Waals surface area contributed by atoms with Crippen molar-refractivity contribution in [1.82, 2.24) is 25.0 Å². The summed E-state index contributed by atoms with van der Waals surface area (Å²) in [4.78, 5) is 26.3. The van der Waals surface area contributed by atoms with Crippen LogP contribution in [-0.4, -0.2) is 63.4 Å². The molecule has 1 fully saturated rings. The standard InChI is InChI=1S/C21H21N5O3/c1-14-17-6-3-2-5-15(17)11-18(14)21(27)25-9-10-28-16(12-25)13-29-26-20-19(23-24-26)7-4-8-22-20/h2-8,16H,9-13H2,1H3. The molecule has 0 saturated carbocycles. The fraction of sp³-hybridized carbons (Fsp3) is 0.333. The minimum atomic E-state index is -0.236. The molecule has 3 heterocycles. The summed E-state index contributed by atoms with van der Waals surface area (Å²) < 4.78 is 5.80. The zero-order chi connectivity index (χ0) is 19.8. The van der Waals surface area contributed by atoms with Crippen LogP contribution in [0.5, 0.6) is 0 Å². The molecule has 1 aliphatic heterocycles. The number of amides is 1. The van der Waals surface area contributed by atoms with Crippen molar-refractivity contribution in [3.8, 4) is 0 Å². The average molecular weight is 391 g/mol. The molecule has 8 nitrogen and oxygen atoms in total. The predicted molar refractivity (Wildman–Crippen MR) is 106 cm³/mol. The molecule has 0 N–H and O–H groups in total. The molecule has 1 atom stereocenters. The number of aromatic nitrogens is 4. The maximum Gasteiger partial charge on any atom is 0.250 e. The van der Waals surface area contributed by atoms with E-state index in [1.807, 2.05) is 30.0 Å². The lowest BCUT2D eigenvalue weighted by Gasteiger charge is -2.33. The monoisotopic (exact) mass is 391 g/mol. The van der Waals surface area contributed by atoms with Crippen LogP contribution in [0.2, 0.25) is 0 Å². The summed E-state index contributed by atoms with van der Waals surface area (Å²) in [5.41, 5.74) is 5.56. The summed E-state index contributed by atoms with van der Waals surface area (Å²) in [7, 11) is 0. The van der Waals surface area contributed by atoms with Gasteiger partial charge in [0, 0.05) is 24.7 Å². The highest BCUT2D eigenvalue weighted by Gasteiger charge is 2.30. The van der Waals surface area contributed by atoms with Gasteiger partial charge in [0.15, 0.2) is 0 Å². The van der Waals surface area contributed by atoms with Crippen molar-refractivity contribution in [3.05, 3.63) is 59.3 Å². The van der Waals surface area contributed by atoms with Gasteiger partial charge in [0.1, 0.15) is 18.2 Å². The fourth-order valence-corrected chi connectivity index (χ4v) is 3.94. The van der Waals surface area contributed by atoms with E-state index in [1.165, 1.54) is 16.0 Å². The number of allylic oxidation sites excluding steroid dienone is 1. The van der Waals surface area contributed by atoms with E-state index in [-0.39, 0.29) is 18.6 Å². The molecular weight excluding hydrogens is 370 g/mol. The Bertz CT molecular complexity index is 1110. The third-order valence-electron chi connectivity index (χ3n) is 5.49. The van der Waals surface area contributed by atoms with Crippen LogP contribution in [0, 0.1) is 0 Å². The van der Waals surface area contributed by atoms with Gasteiger partial charge in [0.25, 0.3) is 5.91 Å². The summed E-state index contributed by atoms with van der Waals surface area (Å²) in [6, 6.07) is 11.8. The molecule has 0 bridgehead atoms. The van der Waals surface area contributed by atoms with E-state index in [1.54, 1.807) is 12.3 Å². The van der Waals surface area contributed by atoms with Gasteiger partial charge in [0.05, 0.1) is 13.2 Å². The number of hydrogen-bond acceptors (Lipinski definition) is 6. The molecule has 8 heteroatoms. The van der Waals surface area contributed by atoms with Crippen molar-refractivity contribution in [2.45, 2.75) is 19.4 Å². The molecule has 0 spiro atoms. The first-order valence-electron chi connectivity index (χ1n) is 9.69. The van der Waals surface area contributed by atoms with Gasteiger partial charge in [-0.25, -0.2) is 4.98 Å². The lowest BCUT2D eigenvalue weighted by Crippen LogP contribution is -2.48. The Kier molecular flexibility index (Phi) is 4.48. The van der Waals surface area contributed by atoms with E-state index in [2.05, 4.69) is 27.4 Å². The van der Waals surface area contributed by atoms with E-state index < -0.39 is 0 Å². The van der Waals surface area contributed by atoms with Crippen LogP contribution in [0.3, 0.4) is 0 Å². The summed E-state index contributed by atoms with van der Waals surface area (Å²) in [5, 5.41) is 7.99. The quantitative estimate of drug-likeness (QED) is 0.671. The molecule has 3 aromatic rings. The number of fused-ring (bicyclic) bond motifs is 2. The van der Waals surface area contributed by atoms with Gasteiger partial charge in [-0.1, -0.05) is 29.1 Å². The molecule has 1 aromatic carbocycles. The number of nitrogens with zero attached hydrogens (tertiary/aromatic N) is 5. The smallest absolute Gasteiger partial charge is 0.250 e. The number of morpholine rings is 1. The Hall–Kier alpha value is -3.26. The lowest BCUT2D eigenvalue weighted by molar-refractivity contribution is -0.137. The Morgan fingerprint density at radius 2 is 2.17 bits per heavy atom. The second kappa shape index (κ2) is 7.29. The Morgan fingerprint density at radius 1 is 1.28 bits per heavy atom. The van der Waals surface area contributed by atoms with Crippen molar-refractivity contribution in [2.75, 3.05) is 26.3 Å². The maximum atomic E-state index is 13.2. The van der Waals surface area contributed by atoms with Gasteiger partial charge in [0.2, 0.25) is 5.65 Å². The SMILES string of the molecule is CC1=C(C(=O)N2CCOC(COn3nnc4cccnc43)C2)Cc2ccccc21. The van der Waals surface area contributed by atoms with E-state index in [4.69, 9.17) is 9.57 Å². The number of rotatable bonds is 4. The van der Waals surface area contributed by atoms with E-state index in [9.17, 15) is 4.79 Å². The Morgan fingerprint density at radius 3 is 3.07 bits per heavy atom. The molecule has 1 aliphatic carbocycles. The number of pyridine rings is 1. The van der Waals surface area contributed by atoms with Gasteiger partial charge in [-0.05, 0) is 41.0 Å². The molecule has 148 valence electrons. The highest BCUT2D eigenvalue weighted by Crippen LogP contribution is 2.33. The van der Waals surface area contributed by atoms with Gasteiger partial charge >= 0.3 is 0 Å². The molecule has 2 aromatic heterocycles. The number of carbonyl (C=O) groups is 1. The summed E-state index contributed by atoms with van der Waals surface area (Å²) in [6.07, 6.45) is 2.12. The van der Waals surface area contributed by atoms with Crippen LogP contribution >= 0.6 is 0 Å². The van der Waals surface area contributed by atoms with Crippen molar-refractivity contribution >= 4 is 22.6 Å². The number of carbonyl (C=O) groups excluding carboxylic acids is 1. The molecule has 0 radical (unpaired) electrons. The second-order valence-electron chi connectivity index (χ2n) is 7.29. The molecule has 2 aliphatic rings. The van der Waals surface area contributed by atoms with Crippen LogP contribution in [0.15, 0.2) is 48.2 Å². The van der Waals surface area contributed by atoms with Gasteiger partial charge in [-0.3, -0.25) is 4.79 Å². The number of hydrogen-bond donors (Lipinski definition) is 0. The van der Waals surface area contributed by atoms with Crippen molar-refractivity contribution in [2.24, 2.45) is 0 Å². The lowest BCUT2D eigenvalue weighted by atomic mass is 10.1. The number of benzene rings is 1. The van der Waals surface area contributed by atoms with Crippen LogP contribution < -0.4 is 4.84 Å². The first-order chi connectivity index (χ1) is 14.2. The fourth-order valence-electron chi connectivity index (χ4n) is 3.94. The van der Waals surface area contributed by atoms with Crippen molar-refractivity contribution in [3.63, 3.8) is 0 Å². The molecule has 1 unspecified atom stereocenters. The van der Waals surface area contributed by atoms with Crippen LogP contribution in [0.1, 0.15) is 18.1 Å². The molecule has 1 amide bonds. The summed E-state index contributed by atoms with van der Waals surface area (Å²) >= 11 is 0. The van der Waals surface area contributed by atoms with E-state index in [0.717, 1.165) is 11.1 Å². The first kappa shape index (κ1) is 17.8. The van der Waals surface area contributed by atoms with Crippen molar-refractivity contribution in [1.29, 1.82) is 0 Å². The third kappa shape index (κ3) is 3.25. The highest BCUT2D eigenvalue weighted by atomic mass is 16.7. The van der Waals surface area contributed by atoms with Gasteiger partial charge in [-0.15, -0.1) is 5.10 Å². The summed E-state index contributed by atoms with van der Waals surface area (Å²) in [5.74, 6) is 0.0832. The van der Waals surface area contributed by atoms with Gasteiger partial charge < -0.3 is 14.5 Å². The molecule has 29 heavy (non-hydrogen) atoms. The summed E-state index contributed by atoms with van der Waals surface area (Å²) in [6.45, 7) is 3.83. The zero-order valence-corrected chi connectivity index (χ0v) is 16.1. The normalized spacial score (nSPS) is 18.9. The van der Waals surface area contributed by atoms with Crippen LogP contribution in [0.25, 0.3) is 16.7 Å². The van der Waals surface area contributed by atoms with Crippen molar-refractivity contribution < 1.29 is 14.4 Å². The molecule has 5 rings (SSSR count). The highest BCUT2D eigenvalue weighted by molar-refractivity contribution is 6.03. The van der Waals surface area contributed by atoms with E-state index in [0.29, 0.717) is 37.3 Å². The third-order valence-corrected chi connectivity index (χ3v) is 5.49.